The molecule has 4 rings (SSSR count). The molecule has 2 fully saturated rings. The summed E-state index contributed by atoms with van der Waals surface area (Å²) in [5.74, 6) is 3.00. The summed E-state index contributed by atoms with van der Waals surface area (Å²) in [5, 5.41) is 3.25. The van der Waals surface area contributed by atoms with Crippen molar-refractivity contribution in [1.29, 1.82) is 0 Å². The number of fused-ring (bicyclic) bond motifs is 3. The Hall–Kier alpha value is -1.35. The molecule has 0 aromatic heterocycles. The number of aryl methyl sites for hydroxylation is 1. The highest BCUT2D eigenvalue weighted by molar-refractivity contribution is 5.78. The molecule has 0 spiro atoms. The van der Waals surface area contributed by atoms with E-state index in [4.69, 9.17) is 4.74 Å². The molecule has 1 aromatic rings. The van der Waals surface area contributed by atoms with Gasteiger partial charge in [0.25, 0.3) is 0 Å². The number of benzene rings is 1. The zero-order valence-corrected chi connectivity index (χ0v) is 14.0. The van der Waals surface area contributed by atoms with Crippen LogP contribution in [0.5, 0.6) is 0 Å². The molecule has 3 nitrogen and oxygen atoms in total. The molecule has 4 atom stereocenters. The fourth-order valence-electron chi connectivity index (χ4n) is 4.80. The molecule has 23 heavy (non-hydrogen) atoms. The van der Waals surface area contributed by atoms with E-state index in [0.717, 1.165) is 38.5 Å². The lowest BCUT2D eigenvalue weighted by atomic mass is 9.87. The van der Waals surface area contributed by atoms with Gasteiger partial charge in [-0.15, -0.1) is 0 Å². The Morgan fingerprint density at radius 1 is 1.26 bits per heavy atom. The van der Waals surface area contributed by atoms with E-state index in [-0.39, 0.29) is 11.8 Å². The Morgan fingerprint density at radius 3 is 2.87 bits per heavy atom. The normalized spacial score (nSPS) is 30.9. The third-order valence-electron chi connectivity index (χ3n) is 6.39. The van der Waals surface area contributed by atoms with Gasteiger partial charge in [-0.25, -0.2) is 0 Å². The lowest BCUT2D eigenvalue weighted by Gasteiger charge is -2.27. The van der Waals surface area contributed by atoms with E-state index >= 15 is 0 Å². The first-order chi connectivity index (χ1) is 11.3. The number of carbonyl (C=O) groups excluding carboxylic acids is 1. The summed E-state index contributed by atoms with van der Waals surface area (Å²) in [6.45, 7) is 4.56. The fraction of sp³-hybridized carbons (Fsp3) is 0.650. The van der Waals surface area contributed by atoms with E-state index in [1.165, 1.54) is 18.4 Å². The van der Waals surface area contributed by atoms with Crippen LogP contribution in [0, 0.1) is 23.7 Å². The second kappa shape index (κ2) is 6.27. The molecule has 1 aromatic carbocycles. The maximum absolute atomic E-state index is 12.5. The van der Waals surface area contributed by atoms with Crippen LogP contribution in [-0.4, -0.2) is 25.7 Å². The first kappa shape index (κ1) is 15.2. The number of carbonyl (C=O) groups is 1. The molecule has 1 saturated heterocycles. The molecule has 1 amide bonds. The van der Waals surface area contributed by atoms with Gasteiger partial charge in [0.2, 0.25) is 5.91 Å². The van der Waals surface area contributed by atoms with Crippen molar-refractivity contribution in [1.82, 2.24) is 5.32 Å². The molecule has 0 bridgehead atoms. The van der Waals surface area contributed by atoms with Crippen LogP contribution in [0.2, 0.25) is 0 Å². The van der Waals surface area contributed by atoms with Crippen molar-refractivity contribution in [2.45, 2.75) is 38.5 Å². The van der Waals surface area contributed by atoms with Crippen LogP contribution in [0.15, 0.2) is 24.3 Å². The summed E-state index contributed by atoms with van der Waals surface area (Å²) in [4.78, 5) is 12.5. The second-order valence-electron chi connectivity index (χ2n) is 7.57. The zero-order valence-electron chi connectivity index (χ0n) is 14.0. The van der Waals surface area contributed by atoms with Gasteiger partial charge in [0, 0.05) is 25.7 Å². The molecule has 1 N–H and O–H groups in total. The summed E-state index contributed by atoms with van der Waals surface area (Å²) in [6, 6.07) is 8.86. The number of rotatable bonds is 4. The molecule has 0 radical (unpaired) electrons. The van der Waals surface area contributed by atoms with Crippen LogP contribution >= 0.6 is 0 Å². The highest BCUT2D eigenvalue weighted by Crippen LogP contribution is 2.59. The third-order valence-corrected chi connectivity index (χ3v) is 6.39. The summed E-state index contributed by atoms with van der Waals surface area (Å²) in [6.07, 6.45) is 4.55. The van der Waals surface area contributed by atoms with Crippen LogP contribution in [0.4, 0.5) is 0 Å². The van der Waals surface area contributed by atoms with Gasteiger partial charge >= 0.3 is 0 Å². The zero-order chi connectivity index (χ0) is 15.8. The minimum Gasteiger partial charge on any atom is -0.381 e. The molecule has 1 saturated carbocycles. The number of amides is 1. The number of hydrogen-bond donors (Lipinski definition) is 1. The maximum atomic E-state index is 12.5. The average Bonchev–Trinajstić information content (AvgIpc) is 3.33. The highest BCUT2D eigenvalue weighted by Gasteiger charge is 2.52. The topological polar surface area (TPSA) is 38.3 Å². The fourth-order valence-corrected chi connectivity index (χ4v) is 4.80. The van der Waals surface area contributed by atoms with Crippen LogP contribution in [-0.2, 0) is 16.0 Å². The van der Waals surface area contributed by atoms with Crippen molar-refractivity contribution < 1.29 is 9.53 Å². The number of nitrogens with one attached hydrogen (secondary N) is 1. The highest BCUT2D eigenvalue weighted by atomic mass is 16.5. The van der Waals surface area contributed by atoms with Crippen LogP contribution in [0.1, 0.15) is 43.2 Å². The van der Waals surface area contributed by atoms with E-state index in [2.05, 4.69) is 36.5 Å². The summed E-state index contributed by atoms with van der Waals surface area (Å²) in [5.41, 5.74) is 3.07. The Kier molecular flexibility index (Phi) is 4.14. The van der Waals surface area contributed by atoms with Gasteiger partial charge in [0.1, 0.15) is 0 Å². The SMILES string of the molecule is C[C@H](C(=O)NC[C@@H]1[C@H]2CCc3ccccc3[C@@H]21)C1CCOCC1. The standard InChI is InChI=1S/C20H27NO2/c1-13(14-8-10-23-11-9-14)20(22)21-12-18-17-7-6-15-4-2-3-5-16(15)19(17)18/h2-5,13-14,17-19H,6-12H2,1H3,(H,21,22)/t13-,17+,18+,19-/m0/s1. The molecule has 3 heteroatoms. The number of hydrogen-bond acceptors (Lipinski definition) is 2. The van der Waals surface area contributed by atoms with E-state index in [9.17, 15) is 4.79 Å². The Balaban J connectivity index is 1.31. The van der Waals surface area contributed by atoms with Crippen molar-refractivity contribution >= 4 is 5.91 Å². The van der Waals surface area contributed by atoms with Gasteiger partial charge < -0.3 is 10.1 Å². The van der Waals surface area contributed by atoms with Gasteiger partial charge in [0.15, 0.2) is 0 Å². The average molecular weight is 313 g/mol. The summed E-state index contributed by atoms with van der Waals surface area (Å²) >= 11 is 0. The molecule has 1 aliphatic heterocycles. The monoisotopic (exact) mass is 313 g/mol. The molecule has 1 heterocycles. The molecule has 2 aliphatic carbocycles. The lowest BCUT2D eigenvalue weighted by molar-refractivity contribution is -0.127. The Bertz CT molecular complexity index is 579. The van der Waals surface area contributed by atoms with E-state index < -0.39 is 0 Å². The molecule has 0 unspecified atom stereocenters. The van der Waals surface area contributed by atoms with E-state index in [1.54, 1.807) is 5.56 Å². The predicted octanol–water partition coefficient (Wildman–Crippen LogP) is 3.14. The van der Waals surface area contributed by atoms with Gasteiger partial charge in [-0.2, -0.15) is 0 Å². The molecular weight excluding hydrogens is 286 g/mol. The van der Waals surface area contributed by atoms with Gasteiger partial charge in [-0.1, -0.05) is 31.2 Å². The van der Waals surface area contributed by atoms with Crippen molar-refractivity contribution in [2.75, 3.05) is 19.8 Å². The molecule has 124 valence electrons. The minimum absolute atomic E-state index is 0.118. The Labute approximate surface area is 138 Å². The van der Waals surface area contributed by atoms with E-state index in [1.807, 2.05) is 0 Å². The van der Waals surface area contributed by atoms with Crippen LogP contribution < -0.4 is 5.32 Å². The lowest BCUT2D eigenvalue weighted by Crippen LogP contribution is -2.36. The van der Waals surface area contributed by atoms with Crippen molar-refractivity contribution in [3.8, 4) is 0 Å². The predicted molar refractivity (Wildman–Crippen MR) is 90.2 cm³/mol. The van der Waals surface area contributed by atoms with E-state index in [0.29, 0.717) is 17.8 Å². The van der Waals surface area contributed by atoms with Crippen molar-refractivity contribution in [3.05, 3.63) is 35.4 Å². The number of ether oxygens (including phenoxy) is 1. The van der Waals surface area contributed by atoms with Crippen LogP contribution in [0.25, 0.3) is 0 Å². The van der Waals surface area contributed by atoms with Gasteiger partial charge in [-0.3, -0.25) is 4.79 Å². The summed E-state index contributed by atoms with van der Waals surface area (Å²) < 4.78 is 5.40. The van der Waals surface area contributed by atoms with Crippen LogP contribution in [0.3, 0.4) is 0 Å². The van der Waals surface area contributed by atoms with Gasteiger partial charge in [0.05, 0.1) is 0 Å². The molecule has 3 aliphatic rings. The first-order valence-corrected chi connectivity index (χ1v) is 9.19. The second-order valence-corrected chi connectivity index (χ2v) is 7.57. The smallest absolute Gasteiger partial charge is 0.223 e. The first-order valence-electron chi connectivity index (χ1n) is 9.19. The maximum Gasteiger partial charge on any atom is 0.223 e. The van der Waals surface area contributed by atoms with Crippen molar-refractivity contribution in [2.24, 2.45) is 23.7 Å². The Morgan fingerprint density at radius 2 is 2.04 bits per heavy atom. The third kappa shape index (κ3) is 2.91. The van der Waals surface area contributed by atoms with Crippen molar-refractivity contribution in [3.63, 3.8) is 0 Å². The van der Waals surface area contributed by atoms with Gasteiger partial charge in [-0.05, 0) is 60.5 Å². The quantitative estimate of drug-likeness (QED) is 0.927. The minimum atomic E-state index is 0.118. The summed E-state index contributed by atoms with van der Waals surface area (Å²) in [7, 11) is 0. The largest absolute Gasteiger partial charge is 0.381 e. The molecular formula is C20H27NO2.